The molecule has 2 rings (SSSR count). The molecular formula is C15H17N3O3. The fraction of sp³-hybridized carbons (Fsp3) is 0.267. The number of hydrogen-bond donors (Lipinski definition) is 1. The Labute approximate surface area is 122 Å². The van der Waals surface area contributed by atoms with Crippen LogP contribution in [0, 0.1) is 13.8 Å². The van der Waals surface area contributed by atoms with Crippen molar-refractivity contribution in [2.24, 2.45) is 0 Å². The van der Waals surface area contributed by atoms with Crippen LogP contribution < -0.4 is 10.2 Å². The van der Waals surface area contributed by atoms with E-state index in [1.807, 2.05) is 31.2 Å². The summed E-state index contributed by atoms with van der Waals surface area (Å²) < 4.78 is 4.88. The van der Waals surface area contributed by atoms with Gasteiger partial charge in [0.25, 0.3) is 0 Å². The van der Waals surface area contributed by atoms with Crippen LogP contribution in [0.15, 0.2) is 34.9 Å². The molecule has 0 saturated carbocycles. The van der Waals surface area contributed by atoms with Crippen molar-refractivity contribution in [1.29, 1.82) is 0 Å². The van der Waals surface area contributed by atoms with E-state index in [2.05, 4.69) is 10.5 Å². The first-order chi connectivity index (χ1) is 9.97. The van der Waals surface area contributed by atoms with Crippen molar-refractivity contribution in [2.75, 3.05) is 16.8 Å². The highest BCUT2D eigenvalue weighted by molar-refractivity contribution is 6.01. The van der Waals surface area contributed by atoms with Gasteiger partial charge in [0.15, 0.2) is 5.82 Å². The Morgan fingerprint density at radius 2 is 2.00 bits per heavy atom. The molecule has 1 aromatic heterocycles. The molecule has 0 spiro atoms. The minimum atomic E-state index is -0.332. The lowest BCUT2D eigenvalue weighted by atomic mass is 10.2. The molecule has 6 heteroatoms. The van der Waals surface area contributed by atoms with Crippen molar-refractivity contribution in [1.82, 2.24) is 5.16 Å². The molecule has 21 heavy (non-hydrogen) atoms. The van der Waals surface area contributed by atoms with Gasteiger partial charge >= 0.3 is 0 Å². The fourth-order valence-corrected chi connectivity index (χ4v) is 1.98. The van der Waals surface area contributed by atoms with Gasteiger partial charge in [0.1, 0.15) is 12.3 Å². The summed E-state index contributed by atoms with van der Waals surface area (Å²) in [6.07, 6.45) is 0. The highest BCUT2D eigenvalue weighted by Gasteiger charge is 2.18. The lowest BCUT2D eigenvalue weighted by Gasteiger charge is -2.22. The standard InChI is InChI=1S/C15H17N3O3/c1-10-6-4-5-7-13(10)18(12(3)19)9-15(20)16-14-8-11(2)21-17-14/h4-8H,9H2,1-3H3,(H,16,17,20). The monoisotopic (exact) mass is 287 g/mol. The first-order valence-corrected chi connectivity index (χ1v) is 6.54. The van der Waals surface area contributed by atoms with E-state index < -0.39 is 0 Å². The van der Waals surface area contributed by atoms with E-state index in [0.717, 1.165) is 11.3 Å². The number of nitrogens with one attached hydrogen (secondary N) is 1. The van der Waals surface area contributed by atoms with E-state index in [0.29, 0.717) is 11.6 Å². The van der Waals surface area contributed by atoms with Crippen molar-refractivity contribution in [3.8, 4) is 0 Å². The maximum absolute atomic E-state index is 12.0. The maximum atomic E-state index is 12.0. The second-order valence-corrected chi connectivity index (χ2v) is 4.76. The number of benzene rings is 1. The Hall–Kier alpha value is -2.63. The van der Waals surface area contributed by atoms with E-state index in [9.17, 15) is 9.59 Å². The summed E-state index contributed by atoms with van der Waals surface area (Å²) in [5.41, 5.74) is 1.65. The van der Waals surface area contributed by atoms with E-state index in [4.69, 9.17) is 4.52 Å². The quantitative estimate of drug-likeness (QED) is 0.936. The zero-order chi connectivity index (χ0) is 15.4. The normalized spacial score (nSPS) is 10.2. The minimum Gasteiger partial charge on any atom is -0.360 e. The van der Waals surface area contributed by atoms with Gasteiger partial charge in [0.2, 0.25) is 11.8 Å². The van der Waals surface area contributed by atoms with Crippen LogP contribution in [0.1, 0.15) is 18.2 Å². The van der Waals surface area contributed by atoms with Crippen LogP contribution >= 0.6 is 0 Å². The Morgan fingerprint density at radius 3 is 2.57 bits per heavy atom. The summed E-state index contributed by atoms with van der Waals surface area (Å²) in [7, 11) is 0. The number of amides is 2. The molecular weight excluding hydrogens is 270 g/mol. The summed E-state index contributed by atoms with van der Waals surface area (Å²) >= 11 is 0. The Balaban J connectivity index is 2.12. The molecule has 0 radical (unpaired) electrons. The predicted octanol–water partition coefficient (Wildman–Crippen LogP) is 2.28. The van der Waals surface area contributed by atoms with Crippen LogP contribution in [-0.2, 0) is 9.59 Å². The fourth-order valence-electron chi connectivity index (χ4n) is 1.98. The van der Waals surface area contributed by atoms with Crippen molar-refractivity contribution in [3.05, 3.63) is 41.7 Å². The number of aryl methyl sites for hydroxylation is 2. The Kier molecular flexibility index (Phi) is 4.37. The molecule has 2 amide bonds. The number of nitrogens with zero attached hydrogens (tertiary/aromatic N) is 2. The molecule has 0 aliphatic rings. The topological polar surface area (TPSA) is 75.4 Å². The summed E-state index contributed by atoms with van der Waals surface area (Å²) in [6, 6.07) is 9.03. The molecule has 1 heterocycles. The van der Waals surface area contributed by atoms with E-state index >= 15 is 0 Å². The van der Waals surface area contributed by atoms with Gasteiger partial charge in [0.05, 0.1) is 0 Å². The first kappa shape index (κ1) is 14.8. The number of aromatic nitrogens is 1. The third-order valence-corrected chi connectivity index (χ3v) is 2.98. The summed E-state index contributed by atoms with van der Waals surface area (Å²) in [5, 5.41) is 6.29. The number of carbonyl (C=O) groups excluding carboxylic acids is 2. The van der Waals surface area contributed by atoms with Crippen molar-refractivity contribution in [2.45, 2.75) is 20.8 Å². The molecule has 0 bridgehead atoms. The molecule has 2 aromatic rings. The second kappa shape index (κ2) is 6.21. The lowest BCUT2D eigenvalue weighted by molar-refractivity contribution is -0.120. The van der Waals surface area contributed by atoms with Crippen LogP contribution in [0.5, 0.6) is 0 Å². The van der Waals surface area contributed by atoms with E-state index in [-0.39, 0.29) is 18.4 Å². The molecule has 0 aliphatic carbocycles. The second-order valence-electron chi connectivity index (χ2n) is 4.76. The molecule has 6 nitrogen and oxygen atoms in total. The molecule has 0 fully saturated rings. The first-order valence-electron chi connectivity index (χ1n) is 6.54. The van der Waals surface area contributed by atoms with Crippen molar-refractivity contribution in [3.63, 3.8) is 0 Å². The zero-order valence-corrected chi connectivity index (χ0v) is 12.2. The number of para-hydroxylation sites is 1. The number of rotatable bonds is 4. The van der Waals surface area contributed by atoms with E-state index in [1.54, 1.807) is 13.0 Å². The zero-order valence-electron chi connectivity index (χ0n) is 12.2. The molecule has 1 aromatic carbocycles. The van der Waals surface area contributed by atoms with Gasteiger partial charge < -0.3 is 14.7 Å². The highest BCUT2D eigenvalue weighted by atomic mass is 16.5. The van der Waals surface area contributed by atoms with Gasteiger partial charge in [0, 0.05) is 18.7 Å². The molecule has 1 N–H and O–H groups in total. The van der Waals surface area contributed by atoms with Crippen LogP contribution in [0.4, 0.5) is 11.5 Å². The van der Waals surface area contributed by atoms with Gasteiger partial charge in [-0.1, -0.05) is 23.4 Å². The maximum Gasteiger partial charge on any atom is 0.245 e. The predicted molar refractivity (Wildman–Crippen MR) is 79.1 cm³/mol. The lowest BCUT2D eigenvalue weighted by Crippen LogP contribution is -2.37. The van der Waals surface area contributed by atoms with Gasteiger partial charge in [-0.05, 0) is 25.5 Å². The van der Waals surface area contributed by atoms with Gasteiger partial charge in [-0.2, -0.15) is 0 Å². The Bertz CT molecular complexity index is 664. The average Bonchev–Trinajstić information content (AvgIpc) is 2.82. The van der Waals surface area contributed by atoms with Crippen LogP contribution in [0.3, 0.4) is 0 Å². The van der Waals surface area contributed by atoms with E-state index in [1.165, 1.54) is 11.8 Å². The summed E-state index contributed by atoms with van der Waals surface area (Å²) in [5.74, 6) is 0.413. The Morgan fingerprint density at radius 1 is 1.29 bits per heavy atom. The average molecular weight is 287 g/mol. The van der Waals surface area contributed by atoms with Gasteiger partial charge in [-0.25, -0.2) is 0 Å². The van der Waals surface area contributed by atoms with Gasteiger partial charge in [-0.3, -0.25) is 9.59 Å². The molecule has 0 unspecified atom stereocenters. The summed E-state index contributed by atoms with van der Waals surface area (Å²) in [4.78, 5) is 25.3. The third-order valence-electron chi connectivity index (χ3n) is 2.98. The highest BCUT2D eigenvalue weighted by Crippen LogP contribution is 2.19. The number of anilines is 2. The minimum absolute atomic E-state index is 0.0773. The summed E-state index contributed by atoms with van der Waals surface area (Å²) in [6.45, 7) is 4.98. The molecule has 0 saturated heterocycles. The van der Waals surface area contributed by atoms with Crippen molar-refractivity contribution >= 4 is 23.3 Å². The molecule has 110 valence electrons. The number of carbonyl (C=O) groups is 2. The molecule has 0 atom stereocenters. The largest absolute Gasteiger partial charge is 0.360 e. The third kappa shape index (κ3) is 3.68. The van der Waals surface area contributed by atoms with Crippen LogP contribution in [-0.4, -0.2) is 23.5 Å². The smallest absolute Gasteiger partial charge is 0.245 e. The SMILES string of the molecule is CC(=O)N(CC(=O)Nc1cc(C)on1)c1ccccc1C. The van der Waals surface area contributed by atoms with Crippen molar-refractivity contribution < 1.29 is 14.1 Å². The van der Waals surface area contributed by atoms with Crippen LogP contribution in [0.2, 0.25) is 0 Å². The number of hydrogen-bond acceptors (Lipinski definition) is 4. The van der Waals surface area contributed by atoms with Crippen LogP contribution in [0.25, 0.3) is 0 Å². The van der Waals surface area contributed by atoms with Gasteiger partial charge in [-0.15, -0.1) is 0 Å². The molecule has 0 aliphatic heterocycles.